The van der Waals surface area contributed by atoms with Crippen molar-refractivity contribution in [2.24, 2.45) is 0 Å². The van der Waals surface area contributed by atoms with Crippen LogP contribution < -0.4 is 4.90 Å². The predicted molar refractivity (Wildman–Crippen MR) is 82.6 cm³/mol. The number of anilines is 1. The number of ether oxygens (including phenoxy) is 1. The van der Waals surface area contributed by atoms with Gasteiger partial charge >= 0.3 is 0 Å². The van der Waals surface area contributed by atoms with Crippen LogP contribution in [0.25, 0.3) is 0 Å². The third kappa shape index (κ3) is 3.49. The van der Waals surface area contributed by atoms with Crippen molar-refractivity contribution >= 4 is 27.3 Å². The molecule has 0 radical (unpaired) electrons. The monoisotopic (exact) mass is 342 g/mol. The van der Waals surface area contributed by atoms with Crippen LogP contribution in [0.1, 0.15) is 25.3 Å². The molecule has 0 spiro atoms. The number of nitro groups is 1. The molecule has 1 aromatic carbocycles. The molecule has 0 amide bonds. The van der Waals surface area contributed by atoms with Gasteiger partial charge in [0.15, 0.2) is 0 Å². The molecule has 1 fully saturated rings. The SMILES string of the molecule is CCOC1CCCN(c2ccc([N+](=O)[O-])c(CBr)c2)C1. The minimum atomic E-state index is -0.334. The van der Waals surface area contributed by atoms with Crippen LogP contribution in [-0.2, 0) is 10.1 Å². The van der Waals surface area contributed by atoms with Gasteiger partial charge in [-0.15, -0.1) is 0 Å². The fraction of sp³-hybridized carbons (Fsp3) is 0.571. The Labute approximate surface area is 127 Å². The molecule has 6 heteroatoms. The summed E-state index contributed by atoms with van der Waals surface area (Å²) in [6, 6.07) is 5.33. The number of nitrogens with zero attached hydrogens (tertiary/aromatic N) is 2. The highest BCUT2D eigenvalue weighted by molar-refractivity contribution is 9.08. The predicted octanol–water partition coefficient (Wildman–Crippen LogP) is 3.50. The third-order valence-electron chi connectivity index (χ3n) is 3.55. The third-order valence-corrected chi connectivity index (χ3v) is 4.15. The Balaban J connectivity index is 2.18. The Kier molecular flexibility index (Phi) is 5.37. The minimum Gasteiger partial charge on any atom is -0.377 e. The van der Waals surface area contributed by atoms with Gasteiger partial charge in [-0.25, -0.2) is 0 Å². The van der Waals surface area contributed by atoms with E-state index in [-0.39, 0.29) is 16.7 Å². The number of alkyl halides is 1. The van der Waals surface area contributed by atoms with Gasteiger partial charge in [0.1, 0.15) is 0 Å². The van der Waals surface area contributed by atoms with Gasteiger partial charge in [-0.05, 0) is 31.9 Å². The van der Waals surface area contributed by atoms with E-state index in [1.165, 1.54) is 0 Å². The zero-order chi connectivity index (χ0) is 14.5. The van der Waals surface area contributed by atoms with Gasteiger partial charge < -0.3 is 9.64 Å². The van der Waals surface area contributed by atoms with Crippen molar-refractivity contribution in [2.75, 3.05) is 24.6 Å². The van der Waals surface area contributed by atoms with E-state index in [1.54, 1.807) is 6.07 Å². The number of hydrogen-bond acceptors (Lipinski definition) is 4. The number of nitro benzene ring substituents is 1. The molecule has 1 atom stereocenters. The van der Waals surface area contributed by atoms with Crippen molar-refractivity contribution in [3.8, 4) is 0 Å². The highest BCUT2D eigenvalue weighted by Crippen LogP contribution is 2.28. The normalized spacial score (nSPS) is 19.1. The maximum atomic E-state index is 11.0. The van der Waals surface area contributed by atoms with E-state index in [4.69, 9.17) is 4.74 Å². The van der Waals surface area contributed by atoms with E-state index >= 15 is 0 Å². The Morgan fingerprint density at radius 3 is 3.00 bits per heavy atom. The molecule has 1 aromatic rings. The zero-order valence-electron chi connectivity index (χ0n) is 11.5. The number of hydrogen-bond donors (Lipinski definition) is 0. The van der Waals surface area contributed by atoms with Crippen LogP contribution in [0, 0.1) is 10.1 Å². The van der Waals surface area contributed by atoms with Crippen LogP contribution in [0.15, 0.2) is 18.2 Å². The first kappa shape index (κ1) is 15.3. The summed E-state index contributed by atoms with van der Waals surface area (Å²) in [7, 11) is 0. The summed E-state index contributed by atoms with van der Waals surface area (Å²) in [5, 5.41) is 11.4. The quantitative estimate of drug-likeness (QED) is 0.467. The second-order valence-corrected chi connectivity index (χ2v) is 5.43. The number of rotatable bonds is 5. The van der Waals surface area contributed by atoms with Crippen LogP contribution in [-0.4, -0.2) is 30.7 Å². The van der Waals surface area contributed by atoms with E-state index in [2.05, 4.69) is 20.8 Å². The summed E-state index contributed by atoms with van der Waals surface area (Å²) in [5.74, 6) is 0. The maximum absolute atomic E-state index is 11.0. The molecular weight excluding hydrogens is 324 g/mol. The first-order valence-corrected chi connectivity index (χ1v) is 7.97. The van der Waals surface area contributed by atoms with E-state index in [0.717, 1.165) is 38.2 Å². The first-order chi connectivity index (χ1) is 9.65. The molecule has 0 bridgehead atoms. The van der Waals surface area contributed by atoms with E-state index in [9.17, 15) is 10.1 Å². The van der Waals surface area contributed by atoms with Crippen molar-refractivity contribution < 1.29 is 9.66 Å². The summed E-state index contributed by atoms with van der Waals surface area (Å²) < 4.78 is 5.69. The molecule has 20 heavy (non-hydrogen) atoms. The van der Waals surface area contributed by atoms with Crippen molar-refractivity contribution in [3.63, 3.8) is 0 Å². The Hall–Kier alpha value is -1.14. The average Bonchev–Trinajstić information content (AvgIpc) is 2.47. The van der Waals surface area contributed by atoms with Crippen LogP contribution in [0.5, 0.6) is 0 Å². The topological polar surface area (TPSA) is 55.6 Å². The second kappa shape index (κ2) is 7.04. The fourth-order valence-electron chi connectivity index (χ4n) is 2.60. The molecule has 0 aliphatic carbocycles. The Morgan fingerprint density at radius 1 is 1.55 bits per heavy atom. The standard InChI is InChI=1S/C14H19BrN2O3/c1-2-20-13-4-3-7-16(10-13)12-5-6-14(17(18)19)11(8-12)9-15/h5-6,8,13H,2-4,7,9-10H2,1H3. The van der Waals surface area contributed by atoms with Crippen molar-refractivity contribution in [1.82, 2.24) is 0 Å². The number of benzene rings is 1. The van der Waals surface area contributed by atoms with Crippen LogP contribution in [0.4, 0.5) is 11.4 Å². The Bertz CT molecular complexity index is 479. The lowest BCUT2D eigenvalue weighted by Crippen LogP contribution is -2.39. The lowest BCUT2D eigenvalue weighted by Gasteiger charge is -2.34. The molecule has 0 N–H and O–H groups in total. The second-order valence-electron chi connectivity index (χ2n) is 4.87. The lowest BCUT2D eigenvalue weighted by atomic mass is 10.1. The first-order valence-electron chi connectivity index (χ1n) is 6.85. The van der Waals surface area contributed by atoms with Gasteiger partial charge in [0, 0.05) is 42.3 Å². The van der Waals surface area contributed by atoms with Gasteiger partial charge in [-0.3, -0.25) is 10.1 Å². The van der Waals surface area contributed by atoms with Gasteiger partial charge in [0.25, 0.3) is 5.69 Å². The van der Waals surface area contributed by atoms with Crippen molar-refractivity contribution in [3.05, 3.63) is 33.9 Å². The van der Waals surface area contributed by atoms with E-state index < -0.39 is 0 Å². The summed E-state index contributed by atoms with van der Waals surface area (Å²) in [6.07, 6.45) is 2.44. The van der Waals surface area contributed by atoms with Gasteiger partial charge in [0.05, 0.1) is 11.0 Å². The average molecular weight is 343 g/mol. The highest BCUT2D eigenvalue weighted by Gasteiger charge is 2.22. The molecule has 110 valence electrons. The fourth-order valence-corrected chi connectivity index (χ4v) is 3.05. The Morgan fingerprint density at radius 2 is 2.35 bits per heavy atom. The van der Waals surface area contributed by atoms with Gasteiger partial charge in [-0.1, -0.05) is 15.9 Å². The molecule has 1 saturated heterocycles. The summed E-state index contributed by atoms with van der Waals surface area (Å²) in [5.41, 5.74) is 1.92. The summed E-state index contributed by atoms with van der Waals surface area (Å²) >= 11 is 3.32. The lowest BCUT2D eigenvalue weighted by molar-refractivity contribution is -0.385. The molecule has 0 saturated carbocycles. The highest BCUT2D eigenvalue weighted by atomic mass is 79.9. The summed E-state index contributed by atoms with van der Waals surface area (Å²) in [6.45, 7) is 4.57. The number of halogens is 1. The van der Waals surface area contributed by atoms with Crippen LogP contribution in [0.3, 0.4) is 0 Å². The van der Waals surface area contributed by atoms with Gasteiger partial charge in [-0.2, -0.15) is 0 Å². The zero-order valence-corrected chi connectivity index (χ0v) is 13.1. The number of piperidine rings is 1. The molecule has 5 nitrogen and oxygen atoms in total. The van der Waals surface area contributed by atoms with Crippen LogP contribution in [0.2, 0.25) is 0 Å². The van der Waals surface area contributed by atoms with Crippen molar-refractivity contribution in [1.29, 1.82) is 0 Å². The van der Waals surface area contributed by atoms with Gasteiger partial charge in [0.2, 0.25) is 0 Å². The molecule has 1 heterocycles. The van der Waals surface area contributed by atoms with E-state index in [0.29, 0.717) is 10.9 Å². The molecule has 1 aliphatic heterocycles. The largest absolute Gasteiger partial charge is 0.377 e. The molecule has 1 aliphatic rings. The van der Waals surface area contributed by atoms with Crippen molar-refractivity contribution in [2.45, 2.75) is 31.2 Å². The molecule has 2 rings (SSSR count). The molecular formula is C14H19BrN2O3. The maximum Gasteiger partial charge on any atom is 0.273 e. The molecule has 1 unspecified atom stereocenters. The van der Waals surface area contributed by atoms with E-state index in [1.807, 2.05) is 19.1 Å². The molecule has 0 aromatic heterocycles. The smallest absolute Gasteiger partial charge is 0.273 e. The van der Waals surface area contributed by atoms with Crippen LogP contribution >= 0.6 is 15.9 Å². The summed E-state index contributed by atoms with van der Waals surface area (Å²) in [4.78, 5) is 12.9. The minimum absolute atomic E-state index is 0.170.